The number of benzene rings is 1. The van der Waals surface area contributed by atoms with Crippen LogP contribution in [0.1, 0.15) is 31.7 Å². The Morgan fingerprint density at radius 3 is 2.94 bits per heavy atom. The third-order valence-corrected chi connectivity index (χ3v) is 3.48. The van der Waals surface area contributed by atoms with E-state index in [0.29, 0.717) is 24.1 Å². The number of hydrogen-bond donors (Lipinski definition) is 2. The summed E-state index contributed by atoms with van der Waals surface area (Å²) >= 11 is 6.20. The molecule has 1 aliphatic carbocycles. The second-order valence-electron chi connectivity index (χ2n) is 4.74. The first-order valence-electron chi connectivity index (χ1n) is 6.52. The van der Waals surface area contributed by atoms with Crippen LogP contribution in [-0.4, -0.2) is 23.9 Å². The van der Waals surface area contributed by atoms with Crippen molar-refractivity contribution in [3.05, 3.63) is 28.8 Å². The van der Waals surface area contributed by atoms with Crippen LogP contribution in [0.25, 0.3) is 0 Å². The molecule has 2 rings (SSSR count). The topological polar surface area (TPSA) is 41.5 Å². The fraction of sp³-hybridized carbons (Fsp3) is 0.571. The third kappa shape index (κ3) is 3.87. The van der Waals surface area contributed by atoms with Crippen LogP contribution in [0.2, 0.25) is 5.02 Å². The lowest BCUT2D eigenvalue weighted by Crippen LogP contribution is -2.19. The lowest BCUT2D eigenvalue weighted by molar-refractivity contribution is 0.104. The smallest absolute Gasteiger partial charge is 0.125 e. The van der Waals surface area contributed by atoms with E-state index in [1.807, 2.05) is 25.1 Å². The minimum Gasteiger partial charge on any atom is -0.491 e. The standard InChI is InChI=1S/C14H20ClNO2/c1-2-11(17)9-18-14-5-3-4-13(15)12(14)8-16-10-6-7-10/h3-5,10-11,16-17H,2,6-9H2,1H3. The molecule has 4 heteroatoms. The first kappa shape index (κ1) is 13.7. The Kier molecular flexibility index (Phi) is 4.87. The van der Waals surface area contributed by atoms with E-state index < -0.39 is 6.10 Å². The van der Waals surface area contributed by atoms with E-state index in [0.717, 1.165) is 17.9 Å². The molecule has 0 radical (unpaired) electrons. The second kappa shape index (κ2) is 6.41. The van der Waals surface area contributed by atoms with Crippen LogP contribution in [0.3, 0.4) is 0 Å². The van der Waals surface area contributed by atoms with E-state index in [1.54, 1.807) is 0 Å². The summed E-state index contributed by atoms with van der Waals surface area (Å²) in [5.41, 5.74) is 0.981. The molecule has 0 bridgehead atoms. The first-order valence-corrected chi connectivity index (χ1v) is 6.90. The Hall–Kier alpha value is -0.770. The second-order valence-corrected chi connectivity index (χ2v) is 5.15. The fourth-order valence-electron chi connectivity index (χ4n) is 1.68. The summed E-state index contributed by atoms with van der Waals surface area (Å²) in [6.07, 6.45) is 2.76. The summed E-state index contributed by atoms with van der Waals surface area (Å²) in [6, 6.07) is 6.28. The average Bonchev–Trinajstić information content (AvgIpc) is 3.18. The average molecular weight is 270 g/mol. The zero-order valence-electron chi connectivity index (χ0n) is 10.7. The number of aliphatic hydroxyl groups excluding tert-OH is 1. The van der Waals surface area contributed by atoms with Crippen LogP contribution in [0, 0.1) is 0 Å². The van der Waals surface area contributed by atoms with Gasteiger partial charge in [0.2, 0.25) is 0 Å². The van der Waals surface area contributed by atoms with Gasteiger partial charge in [-0.25, -0.2) is 0 Å². The molecule has 100 valence electrons. The molecular weight excluding hydrogens is 250 g/mol. The molecule has 1 aromatic carbocycles. The van der Waals surface area contributed by atoms with Crippen molar-refractivity contribution in [2.24, 2.45) is 0 Å². The Labute approximate surface area is 113 Å². The Bertz CT molecular complexity index is 393. The highest BCUT2D eigenvalue weighted by Crippen LogP contribution is 2.28. The maximum absolute atomic E-state index is 9.53. The van der Waals surface area contributed by atoms with Crippen LogP contribution in [0.15, 0.2) is 18.2 Å². The van der Waals surface area contributed by atoms with Gasteiger partial charge in [0.15, 0.2) is 0 Å². The van der Waals surface area contributed by atoms with E-state index in [2.05, 4.69) is 5.32 Å². The molecule has 3 nitrogen and oxygen atoms in total. The number of hydrogen-bond acceptors (Lipinski definition) is 3. The molecule has 0 aliphatic heterocycles. The van der Waals surface area contributed by atoms with Crippen molar-refractivity contribution in [1.82, 2.24) is 5.32 Å². The molecule has 0 amide bonds. The monoisotopic (exact) mass is 269 g/mol. The van der Waals surface area contributed by atoms with E-state index in [9.17, 15) is 5.11 Å². The van der Waals surface area contributed by atoms with Crippen molar-refractivity contribution in [1.29, 1.82) is 0 Å². The summed E-state index contributed by atoms with van der Waals surface area (Å²) in [7, 11) is 0. The lowest BCUT2D eigenvalue weighted by atomic mass is 10.2. The Balaban J connectivity index is 1.99. The normalized spacial score (nSPS) is 16.6. The molecule has 0 saturated heterocycles. The molecule has 0 aromatic heterocycles. The van der Waals surface area contributed by atoms with Crippen molar-refractivity contribution >= 4 is 11.6 Å². The highest BCUT2D eigenvalue weighted by molar-refractivity contribution is 6.31. The molecule has 1 saturated carbocycles. The predicted octanol–water partition coefficient (Wildman–Crippen LogP) is 2.74. The predicted molar refractivity (Wildman–Crippen MR) is 73.1 cm³/mol. The van der Waals surface area contributed by atoms with Crippen molar-refractivity contribution in [2.75, 3.05) is 6.61 Å². The quantitative estimate of drug-likeness (QED) is 0.800. The van der Waals surface area contributed by atoms with Gasteiger partial charge in [0.25, 0.3) is 0 Å². The minimum absolute atomic E-state index is 0.313. The molecule has 2 N–H and O–H groups in total. The number of rotatable bonds is 7. The van der Waals surface area contributed by atoms with Crippen molar-refractivity contribution in [3.8, 4) is 5.75 Å². The van der Waals surface area contributed by atoms with Crippen molar-refractivity contribution in [3.63, 3.8) is 0 Å². The molecule has 1 atom stereocenters. The van der Waals surface area contributed by atoms with E-state index in [-0.39, 0.29) is 0 Å². The van der Waals surface area contributed by atoms with Gasteiger partial charge in [0.05, 0.1) is 6.10 Å². The van der Waals surface area contributed by atoms with Gasteiger partial charge in [-0.05, 0) is 31.4 Å². The van der Waals surface area contributed by atoms with Crippen molar-refractivity contribution in [2.45, 2.75) is 44.9 Å². The van der Waals surface area contributed by atoms with Crippen LogP contribution < -0.4 is 10.1 Å². The molecule has 1 aromatic rings. The van der Waals surface area contributed by atoms with Gasteiger partial charge in [-0.1, -0.05) is 24.6 Å². The summed E-state index contributed by atoms with van der Waals surface area (Å²) in [5, 5.41) is 13.7. The number of ether oxygens (including phenoxy) is 1. The molecule has 1 unspecified atom stereocenters. The van der Waals surface area contributed by atoms with Gasteiger partial charge in [-0.2, -0.15) is 0 Å². The van der Waals surface area contributed by atoms with E-state index in [4.69, 9.17) is 16.3 Å². The maximum Gasteiger partial charge on any atom is 0.125 e. The van der Waals surface area contributed by atoms with Crippen LogP contribution in [0.5, 0.6) is 5.75 Å². The van der Waals surface area contributed by atoms with Crippen LogP contribution in [-0.2, 0) is 6.54 Å². The minimum atomic E-state index is -0.423. The molecule has 0 spiro atoms. The molecular formula is C14H20ClNO2. The first-order chi connectivity index (χ1) is 8.70. The van der Waals surface area contributed by atoms with Gasteiger partial charge < -0.3 is 15.2 Å². The zero-order chi connectivity index (χ0) is 13.0. The molecule has 1 aliphatic rings. The fourth-order valence-corrected chi connectivity index (χ4v) is 1.92. The highest BCUT2D eigenvalue weighted by Gasteiger charge is 2.21. The van der Waals surface area contributed by atoms with E-state index >= 15 is 0 Å². The summed E-state index contributed by atoms with van der Waals surface area (Å²) in [5.74, 6) is 0.767. The van der Waals surface area contributed by atoms with E-state index in [1.165, 1.54) is 12.8 Å². The Morgan fingerprint density at radius 2 is 2.28 bits per heavy atom. The summed E-state index contributed by atoms with van der Waals surface area (Å²) < 4.78 is 5.65. The number of halogens is 1. The third-order valence-electron chi connectivity index (χ3n) is 3.12. The molecule has 1 fully saturated rings. The number of aliphatic hydroxyl groups is 1. The lowest BCUT2D eigenvalue weighted by Gasteiger charge is -2.15. The summed E-state index contributed by atoms with van der Waals surface area (Å²) in [6.45, 7) is 2.97. The zero-order valence-corrected chi connectivity index (χ0v) is 11.4. The van der Waals surface area contributed by atoms with Gasteiger partial charge in [0, 0.05) is 23.2 Å². The van der Waals surface area contributed by atoms with Gasteiger partial charge >= 0.3 is 0 Å². The van der Waals surface area contributed by atoms with Crippen LogP contribution >= 0.6 is 11.6 Å². The maximum atomic E-state index is 9.53. The molecule has 0 heterocycles. The number of nitrogens with one attached hydrogen (secondary N) is 1. The van der Waals surface area contributed by atoms with Gasteiger partial charge in [-0.15, -0.1) is 0 Å². The molecule has 18 heavy (non-hydrogen) atoms. The largest absolute Gasteiger partial charge is 0.491 e. The van der Waals surface area contributed by atoms with Crippen LogP contribution in [0.4, 0.5) is 0 Å². The van der Waals surface area contributed by atoms with Crippen molar-refractivity contribution < 1.29 is 9.84 Å². The Morgan fingerprint density at radius 1 is 1.50 bits per heavy atom. The van der Waals surface area contributed by atoms with Gasteiger partial charge in [0.1, 0.15) is 12.4 Å². The van der Waals surface area contributed by atoms with Gasteiger partial charge in [-0.3, -0.25) is 0 Å². The highest BCUT2D eigenvalue weighted by atomic mass is 35.5. The summed E-state index contributed by atoms with van der Waals surface area (Å²) in [4.78, 5) is 0. The SMILES string of the molecule is CCC(O)COc1cccc(Cl)c1CNC1CC1.